The first-order chi connectivity index (χ1) is 7.00. The molecule has 1 nitrogen and oxygen atoms in total. The number of hydrogen-bond donors (Lipinski definition) is 1. The van der Waals surface area contributed by atoms with Crippen molar-refractivity contribution < 1.29 is 0 Å². The topological polar surface area (TPSA) is 26.0 Å². The van der Waals surface area contributed by atoms with E-state index in [-0.39, 0.29) is 0 Å². The van der Waals surface area contributed by atoms with Gasteiger partial charge in [-0.2, -0.15) is 0 Å². The minimum atomic E-state index is 0.296. The molecule has 1 aromatic rings. The fourth-order valence-electron chi connectivity index (χ4n) is 2.12. The maximum Gasteiger partial charge on any atom is 0.00819 e. The van der Waals surface area contributed by atoms with Gasteiger partial charge in [0.15, 0.2) is 0 Å². The smallest absolute Gasteiger partial charge is 0.00819 e. The van der Waals surface area contributed by atoms with Crippen molar-refractivity contribution in [3.8, 4) is 0 Å². The Hall–Kier alpha value is -0.820. The summed E-state index contributed by atoms with van der Waals surface area (Å²) in [5.74, 6) is 0.685. The molecular formula is C14H23N. The number of rotatable bonds is 4. The second-order valence-corrected chi connectivity index (χ2v) is 4.96. The van der Waals surface area contributed by atoms with Gasteiger partial charge < -0.3 is 5.73 Å². The van der Waals surface area contributed by atoms with Gasteiger partial charge in [-0.25, -0.2) is 0 Å². The molecule has 0 aliphatic rings. The van der Waals surface area contributed by atoms with Crippen LogP contribution < -0.4 is 5.73 Å². The first-order valence-electron chi connectivity index (χ1n) is 5.81. The highest BCUT2D eigenvalue weighted by molar-refractivity contribution is 5.34. The summed E-state index contributed by atoms with van der Waals surface area (Å²) < 4.78 is 0. The molecule has 0 radical (unpaired) electrons. The summed E-state index contributed by atoms with van der Waals surface area (Å²) in [6.07, 6.45) is 2.12. The van der Waals surface area contributed by atoms with Crippen molar-refractivity contribution in [2.75, 3.05) is 0 Å². The lowest BCUT2D eigenvalue weighted by Crippen LogP contribution is -2.25. The number of aryl methyl sites for hydroxylation is 2. The predicted octanol–water partition coefficient (Wildman–Crippen LogP) is 3.22. The van der Waals surface area contributed by atoms with Crippen molar-refractivity contribution in [1.82, 2.24) is 0 Å². The molecule has 0 aromatic heterocycles. The molecule has 0 saturated carbocycles. The van der Waals surface area contributed by atoms with Crippen molar-refractivity contribution in [2.45, 2.75) is 46.6 Å². The molecule has 0 aliphatic heterocycles. The van der Waals surface area contributed by atoms with Crippen LogP contribution in [0.3, 0.4) is 0 Å². The SMILES string of the molecule is Cc1cccc(C)c1CC(N)CC(C)C. The Morgan fingerprint density at radius 2 is 1.67 bits per heavy atom. The van der Waals surface area contributed by atoms with E-state index in [2.05, 4.69) is 45.9 Å². The molecule has 1 aromatic carbocycles. The molecule has 0 fully saturated rings. The van der Waals surface area contributed by atoms with Crippen LogP contribution in [0, 0.1) is 19.8 Å². The zero-order valence-corrected chi connectivity index (χ0v) is 10.4. The molecule has 1 heteroatoms. The molecule has 0 saturated heterocycles. The second-order valence-electron chi connectivity index (χ2n) is 4.96. The Morgan fingerprint density at radius 3 is 2.13 bits per heavy atom. The Balaban J connectivity index is 2.71. The van der Waals surface area contributed by atoms with Gasteiger partial charge in [0.05, 0.1) is 0 Å². The van der Waals surface area contributed by atoms with Gasteiger partial charge in [0, 0.05) is 6.04 Å². The average Bonchev–Trinajstić information content (AvgIpc) is 2.10. The van der Waals surface area contributed by atoms with Crippen molar-refractivity contribution >= 4 is 0 Å². The fourth-order valence-corrected chi connectivity index (χ4v) is 2.12. The van der Waals surface area contributed by atoms with Gasteiger partial charge in [-0.05, 0) is 49.3 Å². The summed E-state index contributed by atoms with van der Waals surface area (Å²) in [6.45, 7) is 8.80. The van der Waals surface area contributed by atoms with Crippen LogP contribution in [0.15, 0.2) is 18.2 Å². The third-order valence-corrected chi connectivity index (χ3v) is 2.88. The number of nitrogens with two attached hydrogens (primary N) is 1. The second kappa shape index (κ2) is 5.32. The lowest BCUT2D eigenvalue weighted by molar-refractivity contribution is 0.492. The molecule has 0 spiro atoms. The summed E-state index contributed by atoms with van der Waals surface area (Å²) in [6, 6.07) is 6.75. The largest absolute Gasteiger partial charge is 0.327 e. The van der Waals surface area contributed by atoms with Gasteiger partial charge in [0.25, 0.3) is 0 Å². The molecule has 0 amide bonds. The molecule has 84 valence electrons. The van der Waals surface area contributed by atoms with Crippen LogP contribution >= 0.6 is 0 Å². The van der Waals surface area contributed by atoms with Gasteiger partial charge >= 0.3 is 0 Å². The highest BCUT2D eigenvalue weighted by atomic mass is 14.6. The van der Waals surface area contributed by atoms with Crippen molar-refractivity contribution in [2.24, 2.45) is 11.7 Å². The van der Waals surface area contributed by atoms with Crippen LogP contribution in [-0.4, -0.2) is 6.04 Å². The molecule has 1 atom stereocenters. The summed E-state index contributed by atoms with van der Waals surface area (Å²) >= 11 is 0. The lowest BCUT2D eigenvalue weighted by Gasteiger charge is -2.17. The van der Waals surface area contributed by atoms with E-state index in [1.54, 1.807) is 0 Å². The van der Waals surface area contributed by atoms with Crippen molar-refractivity contribution in [1.29, 1.82) is 0 Å². The zero-order chi connectivity index (χ0) is 11.4. The Labute approximate surface area is 93.7 Å². The third kappa shape index (κ3) is 3.67. The fraction of sp³-hybridized carbons (Fsp3) is 0.571. The van der Waals surface area contributed by atoms with Gasteiger partial charge in [-0.15, -0.1) is 0 Å². The molecule has 2 N–H and O–H groups in total. The molecule has 0 aliphatic carbocycles. The van der Waals surface area contributed by atoms with Gasteiger partial charge in [0.2, 0.25) is 0 Å². The summed E-state index contributed by atoms with van der Waals surface area (Å²) in [7, 11) is 0. The third-order valence-electron chi connectivity index (χ3n) is 2.88. The van der Waals surface area contributed by atoms with E-state index in [1.807, 2.05) is 0 Å². The molecule has 15 heavy (non-hydrogen) atoms. The van der Waals surface area contributed by atoms with E-state index in [4.69, 9.17) is 5.73 Å². The highest BCUT2D eigenvalue weighted by Gasteiger charge is 2.09. The first-order valence-corrected chi connectivity index (χ1v) is 5.81. The zero-order valence-electron chi connectivity index (χ0n) is 10.4. The lowest BCUT2D eigenvalue weighted by atomic mass is 9.93. The summed E-state index contributed by atoms with van der Waals surface area (Å²) in [4.78, 5) is 0. The van der Waals surface area contributed by atoms with Gasteiger partial charge in [-0.3, -0.25) is 0 Å². The van der Waals surface area contributed by atoms with Crippen LogP contribution in [0.2, 0.25) is 0 Å². The minimum Gasteiger partial charge on any atom is -0.327 e. The normalized spacial score (nSPS) is 13.2. The molecular weight excluding hydrogens is 182 g/mol. The number of hydrogen-bond acceptors (Lipinski definition) is 1. The van der Waals surface area contributed by atoms with Gasteiger partial charge in [0.1, 0.15) is 0 Å². The van der Waals surface area contributed by atoms with E-state index < -0.39 is 0 Å². The minimum absolute atomic E-state index is 0.296. The van der Waals surface area contributed by atoms with Crippen LogP contribution in [0.1, 0.15) is 37.0 Å². The summed E-state index contributed by atoms with van der Waals surface area (Å²) in [5.41, 5.74) is 10.3. The first kappa shape index (κ1) is 12.3. The highest BCUT2D eigenvalue weighted by Crippen LogP contribution is 2.17. The number of benzene rings is 1. The molecule has 1 rings (SSSR count). The van der Waals surface area contributed by atoms with Crippen LogP contribution in [0.5, 0.6) is 0 Å². The Bertz CT molecular complexity index is 295. The van der Waals surface area contributed by atoms with E-state index in [0.717, 1.165) is 12.8 Å². The Morgan fingerprint density at radius 1 is 1.13 bits per heavy atom. The van der Waals surface area contributed by atoms with E-state index in [1.165, 1.54) is 16.7 Å². The average molecular weight is 205 g/mol. The predicted molar refractivity (Wildman–Crippen MR) is 67.1 cm³/mol. The maximum absolute atomic E-state index is 6.14. The molecule has 0 heterocycles. The summed E-state index contributed by atoms with van der Waals surface area (Å²) in [5, 5.41) is 0. The van der Waals surface area contributed by atoms with Crippen molar-refractivity contribution in [3.63, 3.8) is 0 Å². The standard InChI is InChI=1S/C14H23N/c1-10(2)8-13(15)9-14-11(3)6-5-7-12(14)4/h5-7,10,13H,8-9,15H2,1-4H3. The van der Waals surface area contributed by atoms with Crippen molar-refractivity contribution in [3.05, 3.63) is 34.9 Å². The van der Waals surface area contributed by atoms with Gasteiger partial charge in [-0.1, -0.05) is 32.0 Å². The van der Waals surface area contributed by atoms with Crippen LogP contribution in [0.4, 0.5) is 0 Å². The Kier molecular flexibility index (Phi) is 4.34. The molecule has 0 bridgehead atoms. The van der Waals surface area contributed by atoms with E-state index in [0.29, 0.717) is 12.0 Å². The van der Waals surface area contributed by atoms with Crippen LogP contribution in [0.25, 0.3) is 0 Å². The monoisotopic (exact) mass is 205 g/mol. The van der Waals surface area contributed by atoms with E-state index >= 15 is 0 Å². The van der Waals surface area contributed by atoms with Crippen LogP contribution in [-0.2, 0) is 6.42 Å². The van der Waals surface area contributed by atoms with E-state index in [9.17, 15) is 0 Å². The maximum atomic E-state index is 6.14. The quantitative estimate of drug-likeness (QED) is 0.802. The molecule has 1 unspecified atom stereocenters.